The van der Waals surface area contributed by atoms with Gasteiger partial charge in [-0.15, -0.1) is 0 Å². The molecule has 8 N–H and O–H groups in total. The molecule has 1 aliphatic rings. The maximum absolute atomic E-state index is 13.2. The summed E-state index contributed by atoms with van der Waals surface area (Å²) in [6.07, 6.45) is 58.4. The molecule has 0 spiro atoms. The van der Waals surface area contributed by atoms with Crippen LogP contribution in [0.5, 0.6) is 0 Å². The number of carbonyl (C=O) groups excluding carboxylic acids is 1. The van der Waals surface area contributed by atoms with E-state index in [0.717, 1.165) is 38.5 Å². The van der Waals surface area contributed by atoms with Crippen LogP contribution in [0.2, 0.25) is 0 Å². The number of nitrogens with one attached hydrogen (secondary N) is 1. The largest absolute Gasteiger partial charge is 0.394 e. The highest BCUT2D eigenvalue weighted by atomic mass is 16.7. The summed E-state index contributed by atoms with van der Waals surface area (Å²) < 4.78 is 11.1. The Hall–Kier alpha value is -1.67. The van der Waals surface area contributed by atoms with Crippen molar-refractivity contribution in [3.8, 4) is 0 Å². The first-order chi connectivity index (χ1) is 37.7. The number of hydrogen-bond acceptors (Lipinski definition) is 10. The minimum Gasteiger partial charge on any atom is -0.394 e. The molecule has 0 aromatic rings. The minimum absolute atomic E-state index is 0.246. The number of ether oxygens (including phenoxy) is 2. The first kappa shape index (κ1) is 73.3. The Morgan fingerprint density at radius 1 is 0.442 bits per heavy atom. The van der Waals surface area contributed by atoms with Gasteiger partial charge in [0.2, 0.25) is 5.91 Å². The topological polar surface area (TPSA) is 189 Å². The molecule has 454 valence electrons. The SMILES string of the molecule is CCCCC/C=C/CC/C=C/CCCC(O)C(O)C(COC1OC(CO)C(O)C(O)C1O)NC(=O)C(O)CCCCCCCCCCCCCCCCCC/C=C\CCCCCCCCCCCCCCCCCCCC. The van der Waals surface area contributed by atoms with Gasteiger partial charge in [0, 0.05) is 0 Å². The van der Waals surface area contributed by atoms with Crippen LogP contribution in [0.4, 0.5) is 0 Å². The Morgan fingerprint density at radius 3 is 1.18 bits per heavy atom. The predicted octanol–water partition coefficient (Wildman–Crippen LogP) is 15.0. The lowest BCUT2D eigenvalue weighted by Gasteiger charge is -2.40. The molecule has 0 aromatic carbocycles. The Balaban J connectivity index is 2.10. The summed E-state index contributed by atoms with van der Waals surface area (Å²) in [4.78, 5) is 13.2. The van der Waals surface area contributed by atoms with E-state index in [2.05, 4.69) is 55.6 Å². The first-order valence-electron chi connectivity index (χ1n) is 32.9. The Kier molecular flexibility index (Phi) is 52.3. The van der Waals surface area contributed by atoms with E-state index in [9.17, 15) is 40.5 Å². The van der Waals surface area contributed by atoms with E-state index < -0.39 is 74.2 Å². The van der Waals surface area contributed by atoms with E-state index in [1.807, 2.05) is 0 Å². The van der Waals surface area contributed by atoms with Crippen molar-refractivity contribution in [1.82, 2.24) is 5.32 Å². The van der Waals surface area contributed by atoms with Gasteiger partial charge < -0.3 is 50.5 Å². The molecule has 1 aliphatic heterocycles. The first-order valence-corrected chi connectivity index (χ1v) is 32.9. The predicted molar refractivity (Wildman–Crippen MR) is 321 cm³/mol. The van der Waals surface area contributed by atoms with Crippen LogP contribution in [0.25, 0.3) is 0 Å². The average Bonchev–Trinajstić information content (AvgIpc) is 3.43. The average molecular weight is 1090 g/mol. The van der Waals surface area contributed by atoms with E-state index in [-0.39, 0.29) is 12.8 Å². The van der Waals surface area contributed by atoms with Crippen LogP contribution in [0, 0.1) is 0 Å². The number of rotatable bonds is 57. The monoisotopic (exact) mass is 1090 g/mol. The molecular weight excluding hydrogens is 967 g/mol. The Morgan fingerprint density at radius 2 is 0.779 bits per heavy atom. The van der Waals surface area contributed by atoms with Crippen LogP contribution in [0.15, 0.2) is 36.5 Å². The van der Waals surface area contributed by atoms with Crippen molar-refractivity contribution in [2.24, 2.45) is 0 Å². The van der Waals surface area contributed by atoms with Crippen molar-refractivity contribution in [2.75, 3.05) is 13.2 Å². The van der Waals surface area contributed by atoms with Gasteiger partial charge in [0.1, 0.15) is 36.6 Å². The van der Waals surface area contributed by atoms with Crippen molar-refractivity contribution >= 4 is 5.91 Å². The molecule has 0 bridgehead atoms. The number of hydrogen-bond donors (Lipinski definition) is 8. The molecule has 77 heavy (non-hydrogen) atoms. The molecule has 1 saturated heterocycles. The van der Waals surface area contributed by atoms with Crippen molar-refractivity contribution in [1.29, 1.82) is 0 Å². The lowest BCUT2D eigenvalue weighted by Crippen LogP contribution is -2.60. The maximum atomic E-state index is 13.2. The highest BCUT2D eigenvalue weighted by molar-refractivity contribution is 5.80. The van der Waals surface area contributed by atoms with Gasteiger partial charge in [-0.25, -0.2) is 0 Å². The summed E-state index contributed by atoms with van der Waals surface area (Å²) in [7, 11) is 0. The second-order valence-electron chi connectivity index (χ2n) is 23.2. The zero-order chi connectivity index (χ0) is 56.1. The van der Waals surface area contributed by atoms with Gasteiger partial charge in [-0.1, -0.05) is 269 Å². The van der Waals surface area contributed by atoms with E-state index >= 15 is 0 Å². The zero-order valence-corrected chi connectivity index (χ0v) is 50.0. The standard InChI is InChI=1S/C66H125NO10/c1-3-5-7-9-11-13-15-17-18-19-20-21-22-23-24-25-26-27-28-29-30-31-32-33-34-35-36-37-38-39-40-41-42-44-46-48-50-52-54-59(70)65(75)67-57(56-76-66-64(74)63(73)62(72)60(55-68)77-66)61(71)58(69)53-51-49-47-45-43-16-14-12-10-8-6-4-2/h12,14,29-30,45,47,57-64,66,68-74H,3-11,13,15-28,31-44,46,48-56H2,1-2H3,(H,67,75)/b14-12+,30-29-,47-45+. The van der Waals surface area contributed by atoms with E-state index in [0.29, 0.717) is 19.3 Å². The second-order valence-corrected chi connectivity index (χ2v) is 23.2. The van der Waals surface area contributed by atoms with Crippen molar-refractivity contribution in [3.05, 3.63) is 36.5 Å². The minimum atomic E-state index is -1.67. The van der Waals surface area contributed by atoms with Crippen molar-refractivity contribution in [3.63, 3.8) is 0 Å². The molecule has 11 heteroatoms. The molecule has 1 fully saturated rings. The van der Waals surface area contributed by atoms with Gasteiger partial charge in [-0.2, -0.15) is 0 Å². The lowest BCUT2D eigenvalue weighted by molar-refractivity contribution is -0.303. The van der Waals surface area contributed by atoms with Crippen LogP contribution < -0.4 is 5.32 Å². The molecular formula is C66H125NO10. The van der Waals surface area contributed by atoms with Crippen molar-refractivity contribution in [2.45, 2.75) is 364 Å². The normalized spacial score (nSPS) is 19.7. The number of carbonyl (C=O) groups is 1. The Labute approximate surface area is 473 Å². The number of allylic oxidation sites excluding steroid dienone is 6. The summed E-state index contributed by atoms with van der Waals surface area (Å²) in [5, 5.41) is 76.0. The third-order valence-electron chi connectivity index (χ3n) is 15.9. The third kappa shape index (κ3) is 42.8. The summed E-state index contributed by atoms with van der Waals surface area (Å²) >= 11 is 0. The van der Waals surface area contributed by atoms with Gasteiger partial charge in [0.25, 0.3) is 0 Å². The van der Waals surface area contributed by atoms with E-state index in [1.54, 1.807) is 0 Å². The van der Waals surface area contributed by atoms with Crippen LogP contribution in [-0.4, -0.2) is 110 Å². The smallest absolute Gasteiger partial charge is 0.249 e. The highest BCUT2D eigenvalue weighted by Crippen LogP contribution is 2.24. The molecule has 9 atom stereocenters. The molecule has 0 aliphatic carbocycles. The highest BCUT2D eigenvalue weighted by Gasteiger charge is 2.44. The second kappa shape index (κ2) is 54.9. The van der Waals surface area contributed by atoms with Gasteiger partial charge in [0.15, 0.2) is 6.29 Å². The summed E-state index contributed by atoms with van der Waals surface area (Å²) in [6.45, 7) is 3.42. The summed E-state index contributed by atoms with van der Waals surface area (Å²) in [5.41, 5.74) is 0. The van der Waals surface area contributed by atoms with Crippen LogP contribution in [0.3, 0.4) is 0 Å². The fraction of sp³-hybridized carbons (Fsp3) is 0.894. The van der Waals surface area contributed by atoms with E-state index in [4.69, 9.17) is 9.47 Å². The molecule has 0 radical (unpaired) electrons. The molecule has 9 unspecified atom stereocenters. The van der Waals surface area contributed by atoms with Gasteiger partial charge in [-0.05, 0) is 77.0 Å². The summed E-state index contributed by atoms with van der Waals surface area (Å²) in [6, 6.07) is -1.19. The molecule has 1 heterocycles. The van der Waals surface area contributed by atoms with Crippen molar-refractivity contribution < 1.29 is 50.0 Å². The molecule has 0 saturated carbocycles. The van der Waals surface area contributed by atoms with Gasteiger partial charge in [-0.3, -0.25) is 4.79 Å². The van der Waals surface area contributed by atoms with Crippen LogP contribution >= 0.6 is 0 Å². The number of aliphatic hydroxyl groups is 7. The quantitative estimate of drug-likeness (QED) is 0.0215. The molecule has 11 nitrogen and oxygen atoms in total. The summed E-state index contributed by atoms with van der Waals surface area (Å²) in [5.74, 6) is -0.708. The maximum Gasteiger partial charge on any atom is 0.249 e. The zero-order valence-electron chi connectivity index (χ0n) is 50.0. The number of aliphatic hydroxyl groups excluding tert-OH is 7. The van der Waals surface area contributed by atoms with Crippen LogP contribution in [0.1, 0.15) is 309 Å². The van der Waals surface area contributed by atoms with Crippen LogP contribution in [-0.2, 0) is 14.3 Å². The molecule has 1 rings (SSSR count). The number of amides is 1. The Bertz CT molecular complexity index is 1350. The number of unbranched alkanes of at least 4 members (excludes halogenated alkanes) is 39. The molecule has 1 amide bonds. The van der Waals surface area contributed by atoms with Gasteiger partial charge in [0.05, 0.1) is 25.4 Å². The van der Waals surface area contributed by atoms with Gasteiger partial charge >= 0.3 is 0 Å². The fourth-order valence-electron chi connectivity index (χ4n) is 10.6. The van der Waals surface area contributed by atoms with E-state index in [1.165, 1.54) is 225 Å². The third-order valence-corrected chi connectivity index (χ3v) is 15.9. The molecule has 0 aromatic heterocycles. The lowest BCUT2D eigenvalue weighted by atomic mass is 9.98. The fourth-order valence-corrected chi connectivity index (χ4v) is 10.6.